The van der Waals surface area contributed by atoms with Crippen LogP contribution in [0.5, 0.6) is 0 Å². The molecule has 0 amide bonds. The zero-order valence-electron chi connectivity index (χ0n) is 7.63. The molecule has 0 aromatic carbocycles. The Bertz CT molecular complexity index is 156. The van der Waals surface area contributed by atoms with Crippen molar-refractivity contribution in [3.05, 3.63) is 0 Å². The molecular weight excluding hydrogens is 138 g/mol. The fourth-order valence-electron chi connectivity index (χ4n) is 2.01. The zero-order valence-corrected chi connectivity index (χ0v) is 7.63. The SMILES string of the molecule is CCN1[C@@H](C)CC[C@H]1C(C)=O. The second-order valence-electron chi connectivity index (χ2n) is 3.38. The fourth-order valence-corrected chi connectivity index (χ4v) is 2.01. The third-order valence-electron chi connectivity index (χ3n) is 2.66. The van der Waals surface area contributed by atoms with E-state index in [2.05, 4.69) is 18.7 Å². The first-order valence-corrected chi connectivity index (χ1v) is 4.43. The van der Waals surface area contributed by atoms with Crippen molar-refractivity contribution in [2.24, 2.45) is 0 Å². The van der Waals surface area contributed by atoms with Crippen molar-refractivity contribution >= 4 is 5.78 Å². The molecule has 0 aromatic rings. The van der Waals surface area contributed by atoms with Gasteiger partial charge >= 0.3 is 0 Å². The number of carbonyl (C=O) groups excluding carboxylic acids is 1. The van der Waals surface area contributed by atoms with Crippen LogP contribution >= 0.6 is 0 Å². The van der Waals surface area contributed by atoms with E-state index in [0.29, 0.717) is 11.8 Å². The molecule has 0 aromatic heterocycles. The van der Waals surface area contributed by atoms with Gasteiger partial charge in [0.05, 0.1) is 6.04 Å². The summed E-state index contributed by atoms with van der Waals surface area (Å²) in [6.07, 6.45) is 2.24. The van der Waals surface area contributed by atoms with Crippen molar-refractivity contribution in [3.8, 4) is 0 Å². The van der Waals surface area contributed by atoms with E-state index in [-0.39, 0.29) is 6.04 Å². The van der Waals surface area contributed by atoms with Gasteiger partial charge in [0.2, 0.25) is 0 Å². The van der Waals surface area contributed by atoms with E-state index in [1.54, 1.807) is 6.92 Å². The number of hydrogen-bond acceptors (Lipinski definition) is 2. The minimum absolute atomic E-state index is 0.218. The van der Waals surface area contributed by atoms with E-state index in [4.69, 9.17) is 0 Å². The van der Waals surface area contributed by atoms with Crippen LogP contribution in [0.15, 0.2) is 0 Å². The second kappa shape index (κ2) is 3.35. The minimum Gasteiger partial charge on any atom is -0.298 e. The summed E-state index contributed by atoms with van der Waals surface area (Å²) in [5.41, 5.74) is 0. The molecule has 2 heteroatoms. The Hall–Kier alpha value is -0.370. The van der Waals surface area contributed by atoms with Gasteiger partial charge < -0.3 is 0 Å². The Morgan fingerprint density at radius 3 is 2.55 bits per heavy atom. The van der Waals surface area contributed by atoms with Gasteiger partial charge in [-0.1, -0.05) is 6.92 Å². The van der Waals surface area contributed by atoms with Crippen molar-refractivity contribution in [1.82, 2.24) is 4.90 Å². The summed E-state index contributed by atoms with van der Waals surface area (Å²) in [5.74, 6) is 0.330. The predicted octanol–water partition coefficient (Wildman–Crippen LogP) is 1.45. The molecule has 0 radical (unpaired) electrons. The molecule has 1 aliphatic rings. The number of likely N-dealkylation sites (tertiary alicyclic amines) is 1. The molecule has 1 aliphatic heterocycles. The van der Waals surface area contributed by atoms with Crippen LogP contribution in [0, 0.1) is 0 Å². The summed E-state index contributed by atoms with van der Waals surface area (Å²) in [6, 6.07) is 0.823. The van der Waals surface area contributed by atoms with Crippen LogP contribution in [0.4, 0.5) is 0 Å². The quantitative estimate of drug-likeness (QED) is 0.601. The van der Waals surface area contributed by atoms with E-state index in [9.17, 15) is 4.79 Å². The van der Waals surface area contributed by atoms with Gasteiger partial charge in [-0.3, -0.25) is 9.69 Å². The lowest BCUT2D eigenvalue weighted by molar-refractivity contribution is -0.121. The molecular formula is C9H17NO. The Kier molecular flexibility index (Phi) is 2.66. The minimum atomic E-state index is 0.218. The van der Waals surface area contributed by atoms with Crippen LogP contribution in [-0.2, 0) is 4.79 Å². The number of likely N-dealkylation sites (N-methyl/N-ethyl adjacent to an activating group) is 1. The molecule has 1 heterocycles. The van der Waals surface area contributed by atoms with E-state index >= 15 is 0 Å². The first-order chi connectivity index (χ1) is 5.16. The number of hydrogen-bond donors (Lipinski definition) is 0. The molecule has 2 atom stereocenters. The van der Waals surface area contributed by atoms with Crippen LogP contribution in [0.2, 0.25) is 0 Å². The van der Waals surface area contributed by atoms with Gasteiger partial charge in [-0.2, -0.15) is 0 Å². The van der Waals surface area contributed by atoms with Crippen LogP contribution in [-0.4, -0.2) is 29.3 Å². The summed E-state index contributed by atoms with van der Waals surface area (Å²) in [6.45, 7) is 7.03. The molecule has 2 nitrogen and oxygen atoms in total. The number of carbonyl (C=O) groups is 1. The van der Waals surface area contributed by atoms with Crippen molar-refractivity contribution in [2.45, 2.75) is 45.7 Å². The molecule has 64 valence electrons. The van der Waals surface area contributed by atoms with Gasteiger partial charge in [-0.25, -0.2) is 0 Å². The zero-order chi connectivity index (χ0) is 8.43. The van der Waals surface area contributed by atoms with Gasteiger partial charge in [-0.05, 0) is 33.2 Å². The van der Waals surface area contributed by atoms with Gasteiger partial charge in [0.1, 0.15) is 5.78 Å². The third-order valence-corrected chi connectivity index (χ3v) is 2.66. The normalized spacial score (nSPS) is 32.6. The first kappa shape index (κ1) is 8.72. The summed E-state index contributed by atoms with van der Waals surface area (Å²) in [7, 11) is 0. The number of rotatable bonds is 2. The smallest absolute Gasteiger partial charge is 0.146 e. The molecule has 11 heavy (non-hydrogen) atoms. The molecule has 0 spiro atoms. The summed E-state index contributed by atoms with van der Waals surface area (Å²) in [4.78, 5) is 13.4. The van der Waals surface area contributed by atoms with Gasteiger partial charge in [-0.15, -0.1) is 0 Å². The molecule has 0 bridgehead atoms. The Morgan fingerprint density at radius 1 is 1.55 bits per heavy atom. The largest absolute Gasteiger partial charge is 0.298 e. The fraction of sp³-hybridized carbons (Fsp3) is 0.889. The maximum Gasteiger partial charge on any atom is 0.146 e. The van der Waals surface area contributed by atoms with E-state index < -0.39 is 0 Å². The van der Waals surface area contributed by atoms with Crippen molar-refractivity contribution < 1.29 is 4.79 Å². The number of ketones is 1. The number of nitrogens with zero attached hydrogens (tertiary/aromatic N) is 1. The molecule has 1 saturated heterocycles. The predicted molar refractivity (Wildman–Crippen MR) is 45.5 cm³/mol. The van der Waals surface area contributed by atoms with Crippen LogP contribution in [0.3, 0.4) is 0 Å². The maximum atomic E-state index is 11.1. The van der Waals surface area contributed by atoms with E-state index in [0.717, 1.165) is 13.0 Å². The summed E-state index contributed by atoms with van der Waals surface area (Å²) in [5, 5.41) is 0. The Morgan fingerprint density at radius 2 is 2.18 bits per heavy atom. The monoisotopic (exact) mass is 155 g/mol. The van der Waals surface area contributed by atoms with Gasteiger partial charge in [0.25, 0.3) is 0 Å². The highest BCUT2D eigenvalue weighted by atomic mass is 16.1. The lowest BCUT2D eigenvalue weighted by Gasteiger charge is -2.24. The topological polar surface area (TPSA) is 20.3 Å². The number of Topliss-reactive ketones (excluding diaryl/α,β-unsaturated/α-hetero) is 1. The Labute approximate surface area is 68.6 Å². The summed E-state index contributed by atoms with van der Waals surface area (Å²) >= 11 is 0. The third kappa shape index (κ3) is 1.62. The molecule has 0 aliphatic carbocycles. The maximum absolute atomic E-state index is 11.1. The van der Waals surface area contributed by atoms with Crippen LogP contribution < -0.4 is 0 Å². The van der Waals surface area contributed by atoms with Crippen molar-refractivity contribution in [1.29, 1.82) is 0 Å². The molecule has 1 fully saturated rings. The lowest BCUT2D eigenvalue weighted by Crippen LogP contribution is -2.38. The molecule has 0 saturated carbocycles. The van der Waals surface area contributed by atoms with Gasteiger partial charge in [0.15, 0.2) is 0 Å². The highest BCUT2D eigenvalue weighted by molar-refractivity contribution is 5.81. The van der Waals surface area contributed by atoms with E-state index in [1.165, 1.54) is 6.42 Å². The highest BCUT2D eigenvalue weighted by Gasteiger charge is 2.31. The average Bonchev–Trinajstić information content (AvgIpc) is 2.30. The molecule has 0 N–H and O–H groups in total. The van der Waals surface area contributed by atoms with Crippen LogP contribution in [0.25, 0.3) is 0 Å². The van der Waals surface area contributed by atoms with Gasteiger partial charge in [0, 0.05) is 6.04 Å². The lowest BCUT2D eigenvalue weighted by atomic mass is 10.1. The standard InChI is InChI=1S/C9H17NO/c1-4-10-7(2)5-6-9(10)8(3)11/h7,9H,4-6H2,1-3H3/t7-,9-/m0/s1. The van der Waals surface area contributed by atoms with Crippen molar-refractivity contribution in [3.63, 3.8) is 0 Å². The second-order valence-corrected chi connectivity index (χ2v) is 3.38. The van der Waals surface area contributed by atoms with Crippen LogP contribution in [0.1, 0.15) is 33.6 Å². The average molecular weight is 155 g/mol. The van der Waals surface area contributed by atoms with Crippen molar-refractivity contribution in [2.75, 3.05) is 6.54 Å². The summed E-state index contributed by atoms with van der Waals surface area (Å²) < 4.78 is 0. The molecule has 1 rings (SSSR count). The molecule has 0 unspecified atom stereocenters. The highest BCUT2D eigenvalue weighted by Crippen LogP contribution is 2.23. The first-order valence-electron chi connectivity index (χ1n) is 4.43. The Balaban J connectivity index is 2.61. The van der Waals surface area contributed by atoms with E-state index in [1.807, 2.05) is 0 Å².